The van der Waals surface area contributed by atoms with E-state index >= 15 is 0 Å². The molecule has 0 saturated heterocycles. The number of allylic oxidation sites excluding steroid dienone is 8. The first-order valence-corrected chi connectivity index (χ1v) is 19.5. The van der Waals surface area contributed by atoms with Gasteiger partial charge in [0.15, 0.2) is 0 Å². The Morgan fingerprint density at radius 2 is 0.841 bits per heavy atom. The van der Waals surface area contributed by atoms with Crippen LogP contribution in [-0.2, 0) is 4.74 Å². The number of ether oxygens (including phenoxy) is 1. The maximum absolute atomic E-state index is 6.15. The van der Waals surface area contributed by atoms with Gasteiger partial charge in [-0.15, -0.1) is 0 Å². The lowest BCUT2D eigenvalue weighted by Crippen LogP contribution is -2.25. The van der Waals surface area contributed by atoms with E-state index in [4.69, 9.17) is 4.74 Å². The SMILES string of the molecule is CCCCC/C=C\C/C=C\CCCCCCCCCC(COCCCCCCCC/C=C\C/C=C\CCCCC)CN(C)C. The van der Waals surface area contributed by atoms with Crippen LogP contribution in [0.3, 0.4) is 0 Å². The van der Waals surface area contributed by atoms with Crippen molar-refractivity contribution in [3.63, 3.8) is 0 Å². The van der Waals surface area contributed by atoms with Gasteiger partial charge in [0.1, 0.15) is 0 Å². The third kappa shape index (κ3) is 37.1. The molecule has 0 bridgehead atoms. The Labute approximate surface area is 278 Å². The molecule has 0 aromatic heterocycles. The van der Waals surface area contributed by atoms with Crippen molar-refractivity contribution in [3.8, 4) is 0 Å². The highest BCUT2D eigenvalue weighted by Crippen LogP contribution is 2.15. The van der Waals surface area contributed by atoms with Crippen LogP contribution in [0.4, 0.5) is 0 Å². The molecule has 0 radical (unpaired) electrons. The molecule has 44 heavy (non-hydrogen) atoms. The van der Waals surface area contributed by atoms with E-state index in [1.165, 1.54) is 154 Å². The van der Waals surface area contributed by atoms with Crippen LogP contribution in [0.1, 0.15) is 181 Å². The minimum absolute atomic E-state index is 0.688. The number of unbranched alkanes of at least 4 members (excludes halogenated alkanes) is 19. The zero-order valence-corrected chi connectivity index (χ0v) is 30.6. The lowest BCUT2D eigenvalue weighted by atomic mass is 10.00. The second kappa shape index (κ2) is 38.1. The van der Waals surface area contributed by atoms with Gasteiger partial charge in [0, 0.05) is 13.2 Å². The van der Waals surface area contributed by atoms with Crippen molar-refractivity contribution >= 4 is 0 Å². The summed E-state index contributed by atoms with van der Waals surface area (Å²) < 4.78 is 6.15. The van der Waals surface area contributed by atoms with Crippen LogP contribution < -0.4 is 0 Å². The van der Waals surface area contributed by atoms with E-state index in [1.807, 2.05) is 0 Å². The number of rotatable bonds is 35. The van der Waals surface area contributed by atoms with Crippen molar-refractivity contribution in [2.45, 2.75) is 181 Å². The fraction of sp³-hybridized carbons (Fsp3) is 0.810. The van der Waals surface area contributed by atoms with E-state index in [0.29, 0.717) is 5.92 Å². The third-order valence-electron chi connectivity index (χ3n) is 8.53. The minimum atomic E-state index is 0.688. The Morgan fingerprint density at radius 1 is 0.455 bits per heavy atom. The molecule has 2 heteroatoms. The van der Waals surface area contributed by atoms with Gasteiger partial charge in [-0.2, -0.15) is 0 Å². The van der Waals surface area contributed by atoms with Gasteiger partial charge >= 0.3 is 0 Å². The van der Waals surface area contributed by atoms with Crippen molar-refractivity contribution in [3.05, 3.63) is 48.6 Å². The van der Waals surface area contributed by atoms with Crippen LogP contribution in [0.5, 0.6) is 0 Å². The summed E-state index contributed by atoms with van der Waals surface area (Å²) in [4.78, 5) is 2.34. The summed E-state index contributed by atoms with van der Waals surface area (Å²) in [5.41, 5.74) is 0. The Bertz CT molecular complexity index is 646. The van der Waals surface area contributed by atoms with Crippen LogP contribution in [0.2, 0.25) is 0 Å². The van der Waals surface area contributed by atoms with E-state index in [2.05, 4.69) is 81.5 Å². The van der Waals surface area contributed by atoms with E-state index in [1.54, 1.807) is 0 Å². The van der Waals surface area contributed by atoms with E-state index in [-0.39, 0.29) is 0 Å². The summed E-state index contributed by atoms with van der Waals surface area (Å²) >= 11 is 0. The van der Waals surface area contributed by atoms with Gasteiger partial charge in [-0.05, 0) is 97.1 Å². The van der Waals surface area contributed by atoms with Gasteiger partial charge in [-0.3, -0.25) is 0 Å². The first-order valence-electron chi connectivity index (χ1n) is 19.5. The molecule has 0 aromatic rings. The van der Waals surface area contributed by atoms with Gasteiger partial charge in [0.25, 0.3) is 0 Å². The summed E-state index contributed by atoms with van der Waals surface area (Å²) in [7, 11) is 4.41. The van der Waals surface area contributed by atoms with Gasteiger partial charge in [-0.1, -0.05) is 152 Å². The maximum atomic E-state index is 6.15. The average molecular weight is 614 g/mol. The Kier molecular flexibility index (Phi) is 37.1. The van der Waals surface area contributed by atoms with E-state index in [9.17, 15) is 0 Å². The summed E-state index contributed by atoms with van der Waals surface area (Å²) in [6.45, 7) is 7.59. The molecule has 0 aliphatic carbocycles. The van der Waals surface area contributed by atoms with Crippen LogP contribution in [0, 0.1) is 5.92 Å². The fourth-order valence-corrected chi connectivity index (χ4v) is 5.78. The highest BCUT2D eigenvalue weighted by atomic mass is 16.5. The van der Waals surface area contributed by atoms with Gasteiger partial charge < -0.3 is 9.64 Å². The van der Waals surface area contributed by atoms with Gasteiger partial charge in [0.05, 0.1) is 6.61 Å². The Morgan fingerprint density at radius 3 is 1.27 bits per heavy atom. The predicted molar refractivity (Wildman–Crippen MR) is 201 cm³/mol. The lowest BCUT2D eigenvalue weighted by molar-refractivity contribution is 0.0816. The van der Waals surface area contributed by atoms with Crippen LogP contribution in [0.25, 0.3) is 0 Å². The first kappa shape index (κ1) is 42.9. The predicted octanol–water partition coefficient (Wildman–Crippen LogP) is 13.6. The fourth-order valence-electron chi connectivity index (χ4n) is 5.78. The molecular formula is C42H79NO. The molecule has 0 aromatic carbocycles. The normalized spacial score (nSPS) is 13.2. The van der Waals surface area contributed by atoms with Crippen molar-refractivity contribution in [2.24, 2.45) is 5.92 Å². The van der Waals surface area contributed by atoms with Crippen LogP contribution >= 0.6 is 0 Å². The minimum Gasteiger partial charge on any atom is -0.381 e. The topological polar surface area (TPSA) is 12.5 Å². The molecule has 0 heterocycles. The summed E-state index contributed by atoms with van der Waals surface area (Å²) in [6, 6.07) is 0. The second-order valence-corrected chi connectivity index (χ2v) is 13.5. The molecule has 0 fully saturated rings. The zero-order chi connectivity index (χ0) is 32.0. The quantitative estimate of drug-likeness (QED) is 0.0521. The molecule has 2 nitrogen and oxygen atoms in total. The lowest BCUT2D eigenvalue weighted by Gasteiger charge is -2.21. The van der Waals surface area contributed by atoms with Crippen molar-refractivity contribution in [1.29, 1.82) is 0 Å². The Hall–Kier alpha value is -1.12. The van der Waals surface area contributed by atoms with Crippen molar-refractivity contribution in [2.75, 3.05) is 33.9 Å². The smallest absolute Gasteiger partial charge is 0.0506 e. The van der Waals surface area contributed by atoms with E-state index < -0.39 is 0 Å². The molecule has 0 amide bonds. The van der Waals surface area contributed by atoms with Gasteiger partial charge in [0.2, 0.25) is 0 Å². The number of hydrogen-bond donors (Lipinski definition) is 0. The first-order chi connectivity index (χ1) is 21.7. The zero-order valence-electron chi connectivity index (χ0n) is 30.6. The average Bonchev–Trinajstić information content (AvgIpc) is 3.01. The van der Waals surface area contributed by atoms with E-state index in [0.717, 1.165) is 32.6 Å². The molecule has 0 N–H and O–H groups in total. The third-order valence-corrected chi connectivity index (χ3v) is 8.53. The molecule has 0 rings (SSSR count). The van der Waals surface area contributed by atoms with Crippen LogP contribution in [0.15, 0.2) is 48.6 Å². The molecule has 0 aliphatic rings. The summed E-state index contributed by atoms with van der Waals surface area (Å²) in [5, 5.41) is 0. The molecule has 0 spiro atoms. The second-order valence-electron chi connectivity index (χ2n) is 13.5. The van der Waals surface area contributed by atoms with Crippen molar-refractivity contribution < 1.29 is 4.74 Å². The monoisotopic (exact) mass is 614 g/mol. The highest BCUT2D eigenvalue weighted by molar-refractivity contribution is 4.93. The standard InChI is InChI=1S/C42H79NO/c1-5-7-9-11-13-15-17-19-21-23-24-26-28-30-32-34-36-38-42(40-43(3)4)41-44-39-37-35-33-31-29-27-25-22-20-18-16-14-12-10-8-6-2/h13-16,19-22,42H,5-12,17-18,23-41H2,1-4H3/b15-13-,16-14-,21-19-,22-20-. The molecule has 0 saturated carbocycles. The molecular weight excluding hydrogens is 534 g/mol. The van der Waals surface area contributed by atoms with Gasteiger partial charge in [-0.25, -0.2) is 0 Å². The number of hydrogen-bond acceptors (Lipinski definition) is 2. The largest absolute Gasteiger partial charge is 0.381 e. The van der Waals surface area contributed by atoms with Crippen molar-refractivity contribution in [1.82, 2.24) is 4.90 Å². The summed E-state index contributed by atoms with van der Waals surface area (Å²) in [6.07, 6.45) is 53.2. The molecule has 1 atom stereocenters. The number of nitrogens with zero attached hydrogens (tertiary/aromatic N) is 1. The molecule has 1 unspecified atom stereocenters. The van der Waals surface area contributed by atoms with Crippen LogP contribution in [-0.4, -0.2) is 38.8 Å². The molecule has 258 valence electrons. The maximum Gasteiger partial charge on any atom is 0.0506 e. The Balaban J connectivity index is 3.58. The highest BCUT2D eigenvalue weighted by Gasteiger charge is 2.10. The summed E-state index contributed by atoms with van der Waals surface area (Å²) in [5.74, 6) is 0.688. The molecule has 0 aliphatic heterocycles.